The highest BCUT2D eigenvalue weighted by Crippen LogP contribution is 2.42. The van der Waals surface area contributed by atoms with Gasteiger partial charge in [0.05, 0.1) is 20.3 Å². The zero-order chi connectivity index (χ0) is 20.9. The summed E-state index contributed by atoms with van der Waals surface area (Å²) in [5, 5.41) is 3.16. The summed E-state index contributed by atoms with van der Waals surface area (Å²) in [6, 6.07) is 13.4. The Kier molecular flexibility index (Phi) is 6.47. The average molecular weight is 395 g/mol. The van der Waals surface area contributed by atoms with Gasteiger partial charge in [-0.3, -0.25) is 4.79 Å². The van der Waals surface area contributed by atoms with E-state index in [0.717, 1.165) is 36.1 Å². The minimum atomic E-state index is -0.251. The molecule has 5 heteroatoms. The van der Waals surface area contributed by atoms with Gasteiger partial charge in [-0.25, -0.2) is 0 Å². The van der Waals surface area contributed by atoms with E-state index in [1.54, 1.807) is 26.4 Å². The van der Waals surface area contributed by atoms with Gasteiger partial charge in [0, 0.05) is 18.1 Å². The zero-order valence-electron chi connectivity index (χ0n) is 17.5. The molecule has 0 aromatic heterocycles. The minimum absolute atomic E-state index is 0.0811. The van der Waals surface area contributed by atoms with E-state index in [0.29, 0.717) is 11.5 Å². The number of hydrogen-bond donors (Lipinski definition) is 1. The van der Waals surface area contributed by atoms with Gasteiger partial charge < -0.3 is 19.5 Å². The molecule has 3 rings (SSSR count). The van der Waals surface area contributed by atoms with E-state index >= 15 is 0 Å². The summed E-state index contributed by atoms with van der Waals surface area (Å²) >= 11 is 0. The fraction of sp³-hybridized carbons (Fsp3) is 0.375. The maximum absolute atomic E-state index is 12.7. The van der Waals surface area contributed by atoms with Crippen molar-refractivity contribution in [3.05, 3.63) is 59.7 Å². The number of fused-ring (bicyclic) bond motifs is 1. The molecule has 29 heavy (non-hydrogen) atoms. The molecule has 0 fully saturated rings. The first-order valence-electron chi connectivity index (χ1n) is 10.0. The van der Waals surface area contributed by atoms with E-state index in [2.05, 4.69) is 19.2 Å². The molecule has 1 atom stereocenters. The molecule has 0 bridgehead atoms. The van der Waals surface area contributed by atoms with Crippen molar-refractivity contribution in [1.29, 1.82) is 0 Å². The Morgan fingerprint density at radius 1 is 1.14 bits per heavy atom. The van der Waals surface area contributed by atoms with Crippen molar-refractivity contribution in [2.45, 2.75) is 44.8 Å². The topological polar surface area (TPSA) is 56.8 Å². The fourth-order valence-electron chi connectivity index (χ4n) is 3.78. The number of para-hydroxylation sites is 1. The molecule has 0 unspecified atom stereocenters. The third kappa shape index (κ3) is 4.56. The molecule has 5 nitrogen and oxygen atoms in total. The van der Waals surface area contributed by atoms with Gasteiger partial charge in [-0.1, -0.05) is 38.1 Å². The maximum atomic E-state index is 12.7. The Labute approximate surface area is 172 Å². The van der Waals surface area contributed by atoms with Crippen molar-refractivity contribution < 1.29 is 19.0 Å². The summed E-state index contributed by atoms with van der Waals surface area (Å²) in [7, 11) is 3.19. The Balaban J connectivity index is 1.77. The van der Waals surface area contributed by atoms with Gasteiger partial charge in [0.2, 0.25) is 5.91 Å². The van der Waals surface area contributed by atoms with Crippen molar-refractivity contribution in [3.63, 3.8) is 0 Å². The summed E-state index contributed by atoms with van der Waals surface area (Å²) in [5.41, 5.74) is 1.64. The average Bonchev–Trinajstić information content (AvgIpc) is 2.77. The van der Waals surface area contributed by atoms with Crippen molar-refractivity contribution in [2.24, 2.45) is 0 Å². The van der Waals surface area contributed by atoms with E-state index < -0.39 is 0 Å². The lowest BCUT2D eigenvalue weighted by Crippen LogP contribution is -2.44. The monoisotopic (exact) mass is 395 g/mol. The molecular weight excluding hydrogens is 366 g/mol. The maximum Gasteiger partial charge on any atom is 0.244 e. The molecule has 0 aliphatic carbocycles. The van der Waals surface area contributed by atoms with Gasteiger partial charge in [0.15, 0.2) is 11.5 Å². The summed E-state index contributed by atoms with van der Waals surface area (Å²) in [5.74, 6) is 2.01. The first-order valence-corrected chi connectivity index (χ1v) is 10.0. The minimum Gasteiger partial charge on any atom is -0.493 e. The van der Waals surface area contributed by atoms with Crippen LogP contribution in [-0.4, -0.2) is 25.7 Å². The van der Waals surface area contributed by atoms with E-state index in [9.17, 15) is 4.79 Å². The molecule has 0 saturated carbocycles. The summed E-state index contributed by atoms with van der Waals surface area (Å²) < 4.78 is 16.9. The van der Waals surface area contributed by atoms with Gasteiger partial charge in [0.25, 0.3) is 0 Å². The number of benzene rings is 2. The number of carbonyl (C=O) groups excluding carboxylic acids is 1. The van der Waals surface area contributed by atoms with Crippen LogP contribution >= 0.6 is 0 Å². The molecule has 2 aromatic carbocycles. The SMILES string of the molecule is CCC1(CC)C[C@@H](NC(=O)/C=C/c2ccc(OC)c(OC)c2)c2ccccc2O1. The van der Waals surface area contributed by atoms with Gasteiger partial charge in [-0.15, -0.1) is 0 Å². The second kappa shape index (κ2) is 9.03. The number of hydrogen-bond acceptors (Lipinski definition) is 4. The first kappa shape index (κ1) is 20.8. The molecule has 1 aliphatic rings. The van der Waals surface area contributed by atoms with Gasteiger partial charge in [-0.05, 0) is 42.7 Å². The first-order chi connectivity index (χ1) is 14.0. The number of methoxy groups -OCH3 is 2. The van der Waals surface area contributed by atoms with Crippen LogP contribution in [0.2, 0.25) is 0 Å². The molecule has 1 heterocycles. The Morgan fingerprint density at radius 2 is 1.86 bits per heavy atom. The van der Waals surface area contributed by atoms with Crippen molar-refractivity contribution >= 4 is 12.0 Å². The third-order valence-corrected chi connectivity index (χ3v) is 5.64. The molecular formula is C24H29NO4. The number of carbonyl (C=O) groups is 1. The van der Waals surface area contributed by atoms with Crippen molar-refractivity contribution in [3.8, 4) is 17.2 Å². The highest BCUT2D eigenvalue weighted by atomic mass is 16.5. The summed E-state index contributed by atoms with van der Waals surface area (Å²) in [6.45, 7) is 4.26. The molecule has 1 amide bonds. The zero-order valence-corrected chi connectivity index (χ0v) is 17.5. The predicted molar refractivity (Wildman–Crippen MR) is 114 cm³/mol. The van der Waals surface area contributed by atoms with Gasteiger partial charge >= 0.3 is 0 Å². The predicted octanol–water partition coefficient (Wildman–Crippen LogP) is 4.92. The van der Waals surface area contributed by atoms with Crippen LogP contribution in [0.25, 0.3) is 6.08 Å². The van der Waals surface area contributed by atoms with Crippen LogP contribution < -0.4 is 19.5 Å². The largest absolute Gasteiger partial charge is 0.493 e. The Bertz CT molecular complexity index is 886. The van der Waals surface area contributed by atoms with E-state index in [4.69, 9.17) is 14.2 Å². The smallest absolute Gasteiger partial charge is 0.244 e. The van der Waals surface area contributed by atoms with Crippen LogP contribution in [0.4, 0.5) is 0 Å². The van der Waals surface area contributed by atoms with E-state index in [1.165, 1.54) is 0 Å². The molecule has 154 valence electrons. The molecule has 0 radical (unpaired) electrons. The van der Waals surface area contributed by atoms with Crippen LogP contribution in [0.1, 0.15) is 50.3 Å². The van der Waals surface area contributed by atoms with Gasteiger partial charge in [0.1, 0.15) is 11.4 Å². The summed E-state index contributed by atoms with van der Waals surface area (Å²) in [6.07, 6.45) is 5.87. The second-order valence-electron chi connectivity index (χ2n) is 7.24. The van der Waals surface area contributed by atoms with Crippen LogP contribution in [0.5, 0.6) is 17.2 Å². The van der Waals surface area contributed by atoms with Crippen LogP contribution in [0, 0.1) is 0 Å². The molecule has 0 spiro atoms. The highest BCUT2D eigenvalue weighted by molar-refractivity contribution is 5.92. The quantitative estimate of drug-likeness (QED) is 0.677. The van der Waals surface area contributed by atoms with Crippen LogP contribution in [0.15, 0.2) is 48.5 Å². The number of rotatable bonds is 7. The van der Waals surface area contributed by atoms with E-state index in [-0.39, 0.29) is 17.6 Å². The fourth-order valence-corrected chi connectivity index (χ4v) is 3.78. The van der Waals surface area contributed by atoms with Crippen LogP contribution in [0.3, 0.4) is 0 Å². The lowest BCUT2D eigenvalue weighted by Gasteiger charge is -2.41. The molecule has 1 N–H and O–H groups in total. The van der Waals surface area contributed by atoms with Crippen molar-refractivity contribution in [2.75, 3.05) is 14.2 Å². The molecule has 1 aliphatic heterocycles. The molecule has 0 saturated heterocycles. The molecule has 2 aromatic rings. The van der Waals surface area contributed by atoms with E-state index in [1.807, 2.05) is 42.5 Å². The lowest BCUT2D eigenvalue weighted by atomic mass is 9.83. The number of amides is 1. The lowest BCUT2D eigenvalue weighted by molar-refractivity contribution is -0.117. The van der Waals surface area contributed by atoms with Gasteiger partial charge in [-0.2, -0.15) is 0 Å². The number of nitrogens with one attached hydrogen (secondary N) is 1. The highest BCUT2D eigenvalue weighted by Gasteiger charge is 2.38. The second-order valence-corrected chi connectivity index (χ2v) is 7.24. The van der Waals surface area contributed by atoms with Crippen molar-refractivity contribution in [1.82, 2.24) is 5.32 Å². The van der Waals surface area contributed by atoms with Crippen LogP contribution in [-0.2, 0) is 4.79 Å². The Hall–Kier alpha value is -2.95. The Morgan fingerprint density at radius 3 is 2.55 bits per heavy atom. The normalized spacial score (nSPS) is 17.3. The standard InChI is InChI=1S/C24H29NO4/c1-5-24(6-2)16-19(18-9-7-8-10-20(18)29-24)25-23(26)14-12-17-11-13-21(27-3)22(15-17)28-4/h7-15,19H,5-6,16H2,1-4H3,(H,25,26)/b14-12+/t19-/m1/s1. The summed E-state index contributed by atoms with van der Waals surface area (Å²) in [4.78, 5) is 12.7. The third-order valence-electron chi connectivity index (χ3n) is 5.64. The number of ether oxygens (including phenoxy) is 3.